The minimum absolute atomic E-state index is 0. The monoisotopic (exact) mass is 407 g/mol. The van der Waals surface area contributed by atoms with Gasteiger partial charge in [0.15, 0.2) is 0 Å². The van der Waals surface area contributed by atoms with Gasteiger partial charge in [0.25, 0.3) is 0 Å². The molecule has 1 aliphatic rings. The average Bonchev–Trinajstić information content (AvgIpc) is 2.37. The van der Waals surface area contributed by atoms with E-state index in [1.54, 1.807) is 0 Å². The summed E-state index contributed by atoms with van der Waals surface area (Å²) in [7, 11) is -0.586. The fourth-order valence-corrected chi connectivity index (χ4v) is 10.1. The predicted octanol–water partition coefficient (Wildman–Crippen LogP) is 2.98. The van der Waals surface area contributed by atoms with Gasteiger partial charge in [-0.2, -0.15) is 7.92 Å². The van der Waals surface area contributed by atoms with E-state index in [-0.39, 0.29) is 74.2 Å². The van der Waals surface area contributed by atoms with Crippen LogP contribution in [0.15, 0.2) is 35.4 Å². The molecule has 1 aliphatic heterocycles. The molecule has 0 fully saturated rings. The van der Waals surface area contributed by atoms with Crippen LogP contribution in [-0.2, 0) is 0 Å². The smallest absolute Gasteiger partial charge is 0.688 e. The Labute approximate surface area is 203 Å². The summed E-state index contributed by atoms with van der Waals surface area (Å²) in [5, 5.41) is 6.13. The van der Waals surface area contributed by atoms with Crippen LogP contribution < -0.4 is 37.7 Å². The maximum absolute atomic E-state index is 5.03. The first kappa shape index (κ1) is 31.1. The molecule has 0 bridgehead atoms. The van der Waals surface area contributed by atoms with E-state index >= 15 is 0 Å². The van der Waals surface area contributed by atoms with Crippen LogP contribution in [0.4, 0.5) is 0 Å². The fraction of sp³-hybridized carbons (Fsp3) is 0.696. The van der Waals surface area contributed by atoms with Crippen LogP contribution >= 0.6 is 15.8 Å². The predicted molar refractivity (Wildman–Crippen MR) is 126 cm³/mol. The zero-order chi connectivity index (χ0) is 20.6. The molecule has 0 aromatic carbocycles. The van der Waals surface area contributed by atoms with E-state index in [4.69, 9.17) is 5.32 Å². The Kier molecular flexibility index (Phi) is 12.2. The SMILES string of the molecule is CC(C)(C)P(/C=C1/C=CC=C([CH-]P(C(C)(C)C)C(C)(C)C)[N-]1)C(C)(C)C.[Li+].[Li+]. The molecular weight excluding hydrogens is 366 g/mol. The van der Waals surface area contributed by atoms with Crippen molar-refractivity contribution < 1.29 is 37.7 Å². The topological polar surface area (TPSA) is 14.1 Å². The Hall–Kier alpha value is 0.945. The molecule has 0 amide bonds. The van der Waals surface area contributed by atoms with E-state index in [1.165, 1.54) is 0 Å². The summed E-state index contributed by atoms with van der Waals surface area (Å²) in [4.78, 5) is 0. The van der Waals surface area contributed by atoms with Crippen LogP contribution in [-0.4, -0.2) is 20.6 Å². The molecular formula is C23H41Li2NP2. The van der Waals surface area contributed by atoms with E-state index in [0.717, 1.165) is 11.4 Å². The van der Waals surface area contributed by atoms with E-state index in [9.17, 15) is 0 Å². The second-order valence-electron chi connectivity index (χ2n) is 11.2. The van der Waals surface area contributed by atoms with Gasteiger partial charge in [-0.1, -0.05) is 103 Å². The van der Waals surface area contributed by atoms with Gasteiger partial charge < -0.3 is 11.0 Å². The maximum atomic E-state index is 5.03. The summed E-state index contributed by atoms with van der Waals surface area (Å²) in [6, 6.07) is 0. The second kappa shape index (κ2) is 11.0. The van der Waals surface area contributed by atoms with Gasteiger partial charge in [-0.25, -0.2) is 12.2 Å². The molecule has 0 N–H and O–H groups in total. The molecule has 1 nitrogen and oxygen atoms in total. The maximum Gasteiger partial charge on any atom is 1.00 e. The number of hydrogen-bond acceptors (Lipinski definition) is 0. The summed E-state index contributed by atoms with van der Waals surface area (Å²) >= 11 is 0. The molecule has 0 radical (unpaired) electrons. The quantitative estimate of drug-likeness (QED) is 0.388. The van der Waals surface area contributed by atoms with Crippen molar-refractivity contribution in [1.82, 2.24) is 0 Å². The van der Waals surface area contributed by atoms with Gasteiger partial charge >= 0.3 is 37.7 Å². The van der Waals surface area contributed by atoms with Crippen molar-refractivity contribution in [3.05, 3.63) is 46.9 Å². The molecule has 0 unspecified atom stereocenters. The van der Waals surface area contributed by atoms with Crippen molar-refractivity contribution in [3.63, 3.8) is 0 Å². The van der Waals surface area contributed by atoms with Crippen molar-refractivity contribution in [2.24, 2.45) is 0 Å². The normalized spacial score (nSPS) is 17.1. The van der Waals surface area contributed by atoms with E-state index in [2.05, 4.69) is 113 Å². The van der Waals surface area contributed by atoms with Gasteiger partial charge in [0, 0.05) is 0 Å². The summed E-state index contributed by atoms with van der Waals surface area (Å²) in [5.41, 5.74) is 2.26. The molecule has 0 aromatic heterocycles. The van der Waals surface area contributed by atoms with Crippen LogP contribution in [0.1, 0.15) is 83.1 Å². The zero-order valence-corrected chi connectivity index (χ0v) is 23.0. The van der Waals surface area contributed by atoms with Gasteiger partial charge in [0.05, 0.1) is 0 Å². The summed E-state index contributed by atoms with van der Waals surface area (Å²) < 4.78 is 0. The Bertz CT molecular complexity index is 552. The van der Waals surface area contributed by atoms with E-state index in [0.29, 0.717) is 0 Å². The van der Waals surface area contributed by atoms with Gasteiger partial charge in [0.1, 0.15) is 0 Å². The third kappa shape index (κ3) is 9.83. The van der Waals surface area contributed by atoms with Crippen molar-refractivity contribution in [3.8, 4) is 0 Å². The van der Waals surface area contributed by atoms with Crippen LogP contribution in [0.25, 0.3) is 5.32 Å². The third-order valence-corrected chi connectivity index (χ3v) is 11.0. The summed E-state index contributed by atoms with van der Waals surface area (Å²) in [6.45, 7) is 28.3. The number of nitrogens with zero attached hydrogens (tertiary/aromatic N) is 1. The largest absolute Gasteiger partial charge is 1.00 e. The first-order chi connectivity index (χ1) is 11.4. The molecule has 0 atom stereocenters. The molecule has 150 valence electrons. The summed E-state index contributed by atoms with van der Waals surface area (Å²) in [5.74, 6) is 2.45. The van der Waals surface area contributed by atoms with Crippen LogP contribution in [0.3, 0.4) is 0 Å². The van der Waals surface area contributed by atoms with E-state index < -0.39 is 0 Å². The van der Waals surface area contributed by atoms with Gasteiger partial charge in [0.2, 0.25) is 0 Å². The van der Waals surface area contributed by atoms with E-state index in [1.807, 2.05) is 0 Å². The van der Waals surface area contributed by atoms with Crippen LogP contribution in [0.5, 0.6) is 0 Å². The fourth-order valence-electron chi connectivity index (χ4n) is 3.66. The van der Waals surface area contributed by atoms with Crippen LogP contribution in [0.2, 0.25) is 0 Å². The van der Waals surface area contributed by atoms with Gasteiger partial charge in [-0.15, -0.1) is 11.8 Å². The second-order valence-corrected chi connectivity index (χ2v) is 18.5. The van der Waals surface area contributed by atoms with Crippen molar-refractivity contribution in [1.29, 1.82) is 0 Å². The van der Waals surface area contributed by atoms with Crippen LogP contribution in [0, 0.1) is 6.16 Å². The van der Waals surface area contributed by atoms with Gasteiger partial charge in [-0.3, -0.25) is 0 Å². The molecule has 1 heterocycles. The van der Waals surface area contributed by atoms with Crippen molar-refractivity contribution in [2.45, 2.75) is 104 Å². The first-order valence-corrected chi connectivity index (χ1v) is 12.5. The Morgan fingerprint density at radius 2 is 1.18 bits per heavy atom. The number of hydrogen-bond donors (Lipinski definition) is 0. The number of rotatable bonds is 3. The molecule has 28 heavy (non-hydrogen) atoms. The molecule has 5 heteroatoms. The Morgan fingerprint density at radius 1 is 0.750 bits per heavy atom. The molecule has 0 aromatic rings. The number of allylic oxidation sites excluding steroid dienone is 4. The minimum Gasteiger partial charge on any atom is -0.688 e. The average molecular weight is 407 g/mol. The minimum atomic E-state index is -0.293. The molecule has 0 saturated carbocycles. The van der Waals surface area contributed by atoms with Crippen molar-refractivity contribution in [2.75, 3.05) is 0 Å². The molecule has 1 rings (SSSR count). The molecule has 0 aliphatic carbocycles. The Balaban J connectivity index is 0. The summed E-state index contributed by atoms with van der Waals surface area (Å²) in [6.07, 6.45) is 8.95. The standard InChI is InChI=1S/C23H41NP2.2Li/c1-20(2,3)25(21(4,5)6)16-18-14-13-15-19(24-18)17-26(22(7,8)9)23(10,11)12;;/h13-17H,1-12H3;;/q-2;2*+1/b18-16-;;. The third-order valence-electron chi connectivity index (χ3n) is 4.21. The molecule has 0 spiro atoms. The molecule has 0 saturated heterocycles. The Morgan fingerprint density at radius 3 is 1.54 bits per heavy atom. The van der Waals surface area contributed by atoms with Gasteiger partial charge in [-0.05, 0) is 20.6 Å². The first-order valence-electron chi connectivity index (χ1n) is 9.68. The van der Waals surface area contributed by atoms with Crippen molar-refractivity contribution >= 4 is 15.8 Å². The zero-order valence-electron chi connectivity index (χ0n) is 21.2.